The van der Waals surface area contributed by atoms with Gasteiger partial charge in [-0.1, -0.05) is 41.5 Å². The molecule has 9 heteroatoms. The highest BCUT2D eigenvalue weighted by Crippen LogP contribution is 2.67. The zero-order valence-electron chi connectivity index (χ0n) is 11.6. The Morgan fingerprint density at radius 3 is 1.16 bits per heavy atom. The van der Waals surface area contributed by atoms with Crippen molar-refractivity contribution in [1.82, 2.24) is 0 Å². The fourth-order valence-corrected chi connectivity index (χ4v) is 5.61. The van der Waals surface area contributed by atoms with Crippen molar-refractivity contribution in [2.24, 2.45) is 10.8 Å². The maximum atomic E-state index is 12.3. The molecular formula is C10H18Br4ClO3P. The van der Waals surface area contributed by atoms with E-state index in [1.165, 1.54) is 0 Å². The van der Waals surface area contributed by atoms with Crippen LogP contribution in [0.2, 0.25) is 0 Å². The second kappa shape index (κ2) is 6.46. The van der Waals surface area contributed by atoms with Crippen LogP contribution in [0.25, 0.3) is 0 Å². The van der Waals surface area contributed by atoms with Gasteiger partial charge in [-0.15, -0.1) is 0 Å². The Bertz CT molecular complexity index is 342. The Kier molecular flexibility index (Phi) is 7.27. The van der Waals surface area contributed by atoms with E-state index in [2.05, 4.69) is 63.7 Å². The molecule has 0 spiro atoms. The van der Waals surface area contributed by atoms with Crippen LogP contribution in [0, 0.1) is 10.8 Å². The first-order chi connectivity index (χ1) is 7.91. The molecule has 0 saturated heterocycles. The zero-order chi connectivity index (χ0) is 15.9. The molecule has 0 N–H and O–H groups in total. The van der Waals surface area contributed by atoms with Gasteiger partial charge in [0.1, 0.15) is 0 Å². The SMILES string of the molecule is CC(C)(C)C(Br)(Br)OP(=O)(Cl)OC(Br)(Br)C(C)(C)C. The lowest BCUT2D eigenvalue weighted by Crippen LogP contribution is -2.35. The summed E-state index contributed by atoms with van der Waals surface area (Å²) in [5.74, 6) is 0. The molecule has 0 aliphatic rings. The first-order valence-corrected chi connectivity index (χ1v) is 11.0. The van der Waals surface area contributed by atoms with E-state index in [1.807, 2.05) is 41.5 Å². The summed E-state index contributed by atoms with van der Waals surface area (Å²) in [7, 11) is 0. The van der Waals surface area contributed by atoms with Gasteiger partial charge in [0.05, 0.1) is 0 Å². The van der Waals surface area contributed by atoms with Crippen molar-refractivity contribution in [1.29, 1.82) is 0 Å². The van der Waals surface area contributed by atoms with Gasteiger partial charge in [0, 0.05) is 22.1 Å². The molecule has 0 aliphatic heterocycles. The molecule has 0 atom stereocenters. The van der Waals surface area contributed by atoms with E-state index in [4.69, 9.17) is 20.3 Å². The summed E-state index contributed by atoms with van der Waals surface area (Å²) < 4.78 is 21.0. The first-order valence-electron chi connectivity index (χ1n) is 5.38. The van der Waals surface area contributed by atoms with E-state index in [0.717, 1.165) is 0 Å². The molecule has 3 nitrogen and oxygen atoms in total. The van der Waals surface area contributed by atoms with Crippen LogP contribution in [0.3, 0.4) is 0 Å². The second-order valence-electron chi connectivity index (χ2n) is 6.15. The van der Waals surface area contributed by atoms with Crippen LogP contribution >= 0.6 is 81.9 Å². The van der Waals surface area contributed by atoms with Crippen LogP contribution < -0.4 is 0 Å². The molecule has 0 saturated carbocycles. The third kappa shape index (κ3) is 6.55. The normalized spacial score (nSPS) is 15.7. The minimum absolute atomic E-state index is 0.399. The van der Waals surface area contributed by atoms with Crippen molar-refractivity contribution >= 4 is 81.9 Å². The first kappa shape index (κ1) is 21.4. The lowest BCUT2D eigenvalue weighted by atomic mass is 9.99. The van der Waals surface area contributed by atoms with Gasteiger partial charge in [-0.2, -0.15) is 0 Å². The van der Waals surface area contributed by atoms with Gasteiger partial charge in [0.2, 0.25) is 0 Å². The fourth-order valence-electron chi connectivity index (χ4n) is 0.566. The Morgan fingerprint density at radius 2 is 1.00 bits per heavy atom. The highest BCUT2D eigenvalue weighted by Gasteiger charge is 2.49. The molecular weight excluding hydrogens is 554 g/mol. The van der Waals surface area contributed by atoms with Gasteiger partial charge < -0.3 is 0 Å². The summed E-state index contributed by atoms with van der Waals surface area (Å²) >= 11 is 19.2. The second-order valence-corrected chi connectivity index (χ2v) is 15.2. The van der Waals surface area contributed by atoms with Crippen LogP contribution in [0.15, 0.2) is 0 Å². The van der Waals surface area contributed by atoms with Crippen LogP contribution in [-0.4, -0.2) is 6.84 Å². The van der Waals surface area contributed by atoms with Gasteiger partial charge in [0.25, 0.3) is 0 Å². The van der Waals surface area contributed by atoms with Crippen molar-refractivity contribution in [2.45, 2.75) is 48.4 Å². The van der Waals surface area contributed by atoms with Crippen LogP contribution in [-0.2, 0) is 13.6 Å². The molecule has 0 amide bonds. The van der Waals surface area contributed by atoms with Crippen LogP contribution in [0.5, 0.6) is 0 Å². The number of hydrogen-bond donors (Lipinski definition) is 0. The number of rotatable bonds is 4. The summed E-state index contributed by atoms with van der Waals surface area (Å²) in [6, 6.07) is 0. The average Bonchev–Trinajstić information content (AvgIpc) is 1.93. The fraction of sp³-hybridized carbons (Fsp3) is 1.00. The monoisotopic (exact) mass is 568 g/mol. The van der Waals surface area contributed by atoms with Crippen molar-refractivity contribution in [3.63, 3.8) is 0 Å². The lowest BCUT2D eigenvalue weighted by molar-refractivity contribution is 0.0849. The molecule has 0 heterocycles. The molecule has 0 aromatic carbocycles. The van der Waals surface area contributed by atoms with Crippen molar-refractivity contribution in [3.8, 4) is 0 Å². The van der Waals surface area contributed by atoms with E-state index in [1.54, 1.807) is 0 Å². The van der Waals surface area contributed by atoms with E-state index in [9.17, 15) is 4.57 Å². The zero-order valence-corrected chi connectivity index (χ0v) is 19.6. The van der Waals surface area contributed by atoms with Gasteiger partial charge >= 0.3 is 6.95 Å². The molecule has 0 unspecified atom stereocenters. The molecule has 0 bridgehead atoms. The molecule has 0 aromatic heterocycles. The van der Waals surface area contributed by atoms with Gasteiger partial charge in [-0.05, 0) is 63.7 Å². The van der Waals surface area contributed by atoms with Crippen molar-refractivity contribution in [2.75, 3.05) is 0 Å². The topological polar surface area (TPSA) is 35.5 Å². The summed E-state index contributed by atoms with van der Waals surface area (Å²) in [6.45, 7) is 7.53. The molecule has 0 aromatic rings. The predicted octanol–water partition coefficient (Wildman–Crippen LogP) is 7.35. The molecule has 0 aliphatic carbocycles. The number of alkyl halides is 4. The quantitative estimate of drug-likeness (QED) is 0.261. The highest BCUT2D eigenvalue weighted by atomic mass is 79.9. The van der Waals surface area contributed by atoms with E-state index >= 15 is 0 Å². The van der Waals surface area contributed by atoms with E-state index in [0.29, 0.717) is 0 Å². The smallest absolute Gasteiger partial charge is 0.267 e. The standard InChI is InChI=1S/C10H18Br4ClO3P/c1-7(2,3)9(11,12)17-19(15,16)18-10(13,14)8(4,5)6/h1-6H3. The van der Waals surface area contributed by atoms with Crippen LogP contribution in [0.4, 0.5) is 0 Å². The minimum Gasteiger partial charge on any atom is -0.267 e. The number of halogens is 5. The maximum absolute atomic E-state index is 12.3. The van der Waals surface area contributed by atoms with Gasteiger partial charge in [-0.3, -0.25) is 9.05 Å². The third-order valence-corrected chi connectivity index (χ3v) is 10.00. The van der Waals surface area contributed by atoms with E-state index in [-0.39, 0.29) is 0 Å². The molecule has 0 radical (unpaired) electrons. The summed E-state index contributed by atoms with van der Waals surface area (Å²) in [5.41, 5.74) is -0.798. The molecule has 0 rings (SSSR count). The van der Waals surface area contributed by atoms with Crippen LogP contribution in [0.1, 0.15) is 41.5 Å². The Labute approximate surface area is 153 Å². The Morgan fingerprint density at radius 1 is 0.789 bits per heavy atom. The third-order valence-electron chi connectivity index (χ3n) is 2.19. The van der Waals surface area contributed by atoms with Gasteiger partial charge in [0.15, 0.2) is 6.84 Å². The minimum atomic E-state index is -3.84. The number of hydrogen-bond acceptors (Lipinski definition) is 3. The summed E-state index contributed by atoms with van der Waals surface area (Å²) in [5, 5.41) is 0. The summed E-state index contributed by atoms with van der Waals surface area (Å²) in [6.07, 6.45) is 0. The highest BCUT2D eigenvalue weighted by molar-refractivity contribution is 9.25. The summed E-state index contributed by atoms with van der Waals surface area (Å²) in [4.78, 5) is 0. The van der Waals surface area contributed by atoms with Crippen molar-refractivity contribution < 1.29 is 13.6 Å². The van der Waals surface area contributed by atoms with E-state index < -0.39 is 24.6 Å². The molecule has 116 valence electrons. The molecule has 19 heavy (non-hydrogen) atoms. The average molecular weight is 572 g/mol. The Hall–Kier alpha value is 2.36. The maximum Gasteiger partial charge on any atom is 0.428 e. The molecule has 0 fully saturated rings. The Balaban J connectivity index is 5.10. The van der Waals surface area contributed by atoms with Gasteiger partial charge in [-0.25, -0.2) is 4.57 Å². The lowest BCUT2D eigenvalue weighted by Gasteiger charge is -2.39. The largest absolute Gasteiger partial charge is 0.428 e. The van der Waals surface area contributed by atoms with Crippen molar-refractivity contribution in [3.05, 3.63) is 0 Å². The predicted molar refractivity (Wildman–Crippen MR) is 95.7 cm³/mol.